The monoisotopic (exact) mass is 498 g/mol. The predicted octanol–water partition coefficient (Wildman–Crippen LogP) is 2.17. The molecule has 1 aromatic heterocycles. The molecule has 0 radical (unpaired) electrons. The fourth-order valence-corrected chi connectivity index (χ4v) is 5.48. The molecule has 4 rings (SSSR count). The summed E-state index contributed by atoms with van der Waals surface area (Å²) in [5.41, 5.74) is 0.433. The van der Waals surface area contributed by atoms with Crippen molar-refractivity contribution in [3.05, 3.63) is 35.5 Å². The van der Waals surface area contributed by atoms with Gasteiger partial charge in [0, 0.05) is 44.5 Å². The number of anilines is 1. The molecule has 2 aromatic rings. The third kappa shape index (κ3) is 5.29. The minimum absolute atomic E-state index is 0.0856. The Morgan fingerprint density at radius 1 is 1.16 bits per heavy atom. The predicted molar refractivity (Wildman–Crippen MR) is 122 cm³/mol. The van der Waals surface area contributed by atoms with E-state index in [0.29, 0.717) is 66.6 Å². The lowest BCUT2D eigenvalue weighted by Crippen LogP contribution is -2.47. The molecular formula is C20H23ClN4O5S2. The Labute approximate surface area is 196 Å². The highest BCUT2D eigenvalue weighted by Crippen LogP contribution is 2.38. The van der Waals surface area contributed by atoms with Crippen LogP contribution in [-0.2, 0) is 14.8 Å². The number of thioether (sulfide) groups is 1. The van der Waals surface area contributed by atoms with Crippen molar-refractivity contribution in [2.45, 2.75) is 9.92 Å². The molecule has 0 bridgehead atoms. The largest absolute Gasteiger partial charge is 0.486 e. The number of piperazine rings is 1. The second-order valence-corrected chi connectivity index (χ2v) is 10.7. The number of hydrogen-bond donors (Lipinski definition) is 1. The third-order valence-electron chi connectivity index (χ3n) is 5.07. The van der Waals surface area contributed by atoms with E-state index in [1.165, 1.54) is 28.3 Å². The maximum absolute atomic E-state index is 12.8. The number of hydrogen-bond acceptors (Lipinski definition) is 8. The fraction of sp³-hybridized carbons (Fsp3) is 0.400. The highest BCUT2D eigenvalue weighted by atomic mass is 35.5. The van der Waals surface area contributed by atoms with Crippen LogP contribution in [0.4, 0.5) is 5.69 Å². The quantitative estimate of drug-likeness (QED) is 0.605. The molecule has 1 N–H and O–H groups in total. The third-order valence-corrected chi connectivity index (χ3v) is 8.21. The van der Waals surface area contributed by atoms with E-state index >= 15 is 0 Å². The van der Waals surface area contributed by atoms with Gasteiger partial charge in [0.25, 0.3) is 0 Å². The molecule has 1 fully saturated rings. The van der Waals surface area contributed by atoms with Crippen molar-refractivity contribution in [2.24, 2.45) is 0 Å². The normalized spacial score (nSPS) is 17.2. The maximum Gasteiger partial charge on any atom is 0.244 e. The maximum atomic E-state index is 12.8. The smallest absolute Gasteiger partial charge is 0.244 e. The standard InChI is InChI=1S/C20H23ClN4O5S2/c1-24-4-6-25(7-5-24)32(27,28)14-2-3-20(22-12-14)31-13-19(26)23-16-11-18-17(10-15(16)21)29-8-9-30-18/h2-3,10-12H,4-9,13H2,1H3,(H,23,26). The number of ether oxygens (including phenoxy) is 2. The summed E-state index contributed by atoms with van der Waals surface area (Å²) in [4.78, 5) is 18.8. The Bertz CT molecular complexity index is 1090. The molecule has 0 saturated carbocycles. The van der Waals surface area contributed by atoms with Crippen LogP contribution in [0.25, 0.3) is 0 Å². The van der Waals surface area contributed by atoms with Gasteiger partial charge in [0.1, 0.15) is 18.1 Å². The van der Waals surface area contributed by atoms with Crippen molar-refractivity contribution in [2.75, 3.05) is 57.5 Å². The molecule has 0 atom stereocenters. The number of aromatic nitrogens is 1. The SMILES string of the molecule is CN1CCN(S(=O)(=O)c2ccc(SCC(=O)Nc3cc4c(cc3Cl)OCCO4)nc2)CC1. The zero-order valence-corrected chi connectivity index (χ0v) is 19.8. The number of fused-ring (bicyclic) bond motifs is 1. The minimum Gasteiger partial charge on any atom is -0.486 e. The van der Waals surface area contributed by atoms with Crippen LogP contribution in [0, 0.1) is 0 Å². The summed E-state index contributed by atoms with van der Waals surface area (Å²) >= 11 is 7.42. The van der Waals surface area contributed by atoms with Crippen LogP contribution in [0.3, 0.4) is 0 Å². The Morgan fingerprint density at radius 3 is 2.50 bits per heavy atom. The summed E-state index contributed by atoms with van der Waals surface area (Å²) in [6.07, 6.45) is 1.34. The Hall–Kier alpha value is -2.05. The Balaban J connectivity index is 1.34. The summed E-state index contributed by atoms with van der Waals surface area (Å²) in [6, 6.07) is 6.38. The fourth-order valence-electron chi connectivity index (χ4n) is 3.27. The van der Waals surface area contributed by atoms with Crippen LogP contribution in [-0.4, -0.2) is 80.7 Å². The van der Waals surface area contributed by atoms with Crippen LogP contribution >= 0.6 is 23.4 Å². The molecule has 0 spiro atoms. The van der Waals surface area contributed by atoms with E-state index in [-0.39, 0.29) is 16.6 Å². The van der Waals surface area contributed by atoms with Gasteiger partial charge in [0.05, 0.1) is 21.5 Å². The van der Waals surface area contributed by atoms with Crippen LogP contribution in [0.15, 0.2) is 40.4 Å². The number of carbonyl (C=O) groups excluding carboxylic acids is 1. The molecule has 2 aliphatic rings. The number of halogens is 1. The van der Waals surface area contributed by atoms with E-state index in [1.54, 1.807) is 18.2 Å². The lowest BCUT2D eigenvalue weighted by Gasteiger charge is -2.31. The second-order valence-electron chi connectivity index (χ2n) is 7.35. The van der Waals surface area contributed by atoms with E-state index < -0.39 is 10.0 Å². The number of carbonyl (C=O) groups is 1. The van der Waals surface area contributed by atoms with Gasteiger partial charge in [0.2, 0.25) is 15.9 Å². The first-order valence-electron chi connectivity index (χ1n) is 9.99. The van der Waals surface area contributed by atoms with Crippen LogP contribution in [0.5, 0.6) is 11.5 Å². The number of benzene rings is 1. The van der Waals surface area contributed by atoms with E-state index in [0.717, 1.165) is 0 Å². The summed E-state index contributed by atoms with van der Waals surface area (Å²) in [7, 11) is -1.60. The molecule has 172 valence electrons. The van der Waals surface area contributed by atoms with Gasteiger partial charge < -0.3 is 19.7 Å². The molecule has 1 amide bonds. The number of amides is 1. The zero-order valence-electron chi connectivity index (χ0n) is 17.4. The number of nitrogens with zero attached hydrogens (tertiary/aromatic N) is 3. The molecule has 9 nitrogen and oxygen atoms in total. The van der Waals surface area contributed by atoms with Gasteiger partial charge in [0.15, 0.2) is 11.5 Å². The van der Waals surface area contributed by atoms with Crippen LogP contribution < -0.4 is 14.8 Å². The molecule has 0 unspecified atom stereocenters. The highest BCUT2D eigenvalue weighted by molar-refractivity contribution is 7.99. The van der Waals surface area contributed by atoms with Crippen molar-refractivity contribution in [1.82, 2.24) is 14.2 Å². The molecule has 0 aliphatic carbocycles. The molecule has 3 heterocycles. The van der Waals surface area contributed by atoms with E-state index in [2.05, 4.69) is 15.2 Å². The summed E-state index contributed by atoms with van der Waals surface area (Å²) in [5, 5.41) is 3.65. The van der Waals surface area contributed by atoms with E-state index in [1.807, 2.05) is 7.05 Å². The van der Waals surface area contributed by atoms with Gasteiger partial charge in [-0.3, -0.25) is 4.79 Å². The average Bonchev–Trinajstić information content (AvgIpc) is 2.79. The van der Waals surface area contributed by atoms with Crippen molar-refractivity contribution < 1.29 is 22.7 Å². The summed E-state index contributed by atoms with van der Waals surface area (Å²) in [5.74, 6) is 0.888. The molecule has 1 saturated heterocycles. The molecule has 1 aromatic carbocycles. The first-order valence-corrected chi connectivity index (χ1v) is 12.8. The van der Waals surface area contributed by atoms with Crippen LogP contribution in [0.1, 0.15) is 0 Å². The Kier molecular flexibility index (Phi) is 7.11. The number of nitrogens with one attached hydrogen (secondary N) is 1. The van der Waals surface area contributed by atoms with Crippen molar-refractivity contribution >= 4 is 45.0 Å². The second kappa shape index (κ2) is 9.84. The number of likely N-dealkylation sites (N-methyl/N-ethyl adjacent to an activating group) is 1. The van der Waals surface area contributed by atoms with E-state index in [9.17, 15) is 13.2 Å². The zero-order chi connectivity index (χ0) is 22.7. The van der Waals surface area contributed by atoms with Gasteiger partial charge in [-0.2, -0.15) is 4.31 Å². The van der Waals surface area contributed by atoms with Gasteiger partial charge in [-0.05, 0) is 19.2 Å². The Morgan fingerprint density at radius 2 is 1.84 bits per heavy atom. The lowest BCUT2D eigenvalue weighted by atomic mass is 10.2. The number of sulfonamides is 1. The highest BCUT2D eigenvalue weighted by Gasteiger charge is 2.27. The number of rotatable bonds is 6. The molecule has 12 heteroatoms. The van der Waals surface area contributed by atoms with Crippen molar-refractivity contribution in [3.8, 4) is 11.5 Å². The number of pyridine rings is 1. The minimum atomic E-state index is -3.57. The summed E-state index contributed by atoms with van der Waals surface area (Å²) in [6.45, 7) is 3.19. The van der Waals surface area contributed by atoms with Gasteiger partial charge in [-0.1, -0.05) is 23.4 Å². The lowest BCUT2D eigenvalue weighted by molar-refractivity contribution is -0.113. The van der Waals surface area contributed by atoms with Crippen LogP contribution in [0.2, 0.25) is 5.02 Å². The molecular weight excluding hydrogens is 476 g/mol. The molecule has 32 heavy (non-hydrogen) atoms. The molecule has 2 aliphatic heterocycles. The van der Waals surface area contributed by atoms with E-state index in [4.69, 9.17) is 21.1 Å². The van der Waals surface area contributed by atoms with Gasteiger partial charge in [-0.15, -0.1) is 0 Å². The van der Waals surface area contributed by atoms with Crippen molar-refractivity contribution in [1.29, 1.82) is 0 Å². The average molecular weight is 499 g/mol. The topological polar surface area (TPSA) is 101 Å². The van der Waals surface area contributed by atoms with Crippen molar-refractivity contribution in [3.63, 3.8) is 0 Å². The summed E-state index contributed by atoms with van der Waals surface area (Å²) < 4.78 is 38.0. The first-order chi connectivity index (χ1) is 15.3. The van der Waals surface area contributed by atoms with Gasteiger partial charge >= 0.3 is 0 Å². The first kappa shape index (κ1) is 23.1. The van der Waals surface area contributed by atoms with Gasteiger partial charge in [-0.25, -0.2) is 13.4 Å².